The fraction of sp³-hybridized carbons (Fsp3) is 0.235. The van der Waals surface area contributed by atoms with Gasteiger partial charge < -0.3 is 10.1 Å². The third-order valence-electron chi connectivity index (χ3n) is 3.24. The van der Waals surface area contributed by atoms with Crippen molar-refractivity contribution in [2.75, 3.05) is 0 Å². The van der Waals surface area contributed by atoms with Crippen LogP contribution in [0, 0.1) is 5.82 Å². The van der Waals surface area contributed by atoms with Gasteiger partial charge in [-0.25, -0.2) is 4.39 Å². The van der Waals surface area contributed by atoms with Gasteiger partial charge in [-0.3, -0.25) is 4.79 Å². The Hall–Kier alpha value is -2.07. The Balaban J connectivity index is 2.00. The maximum Gasteiger partial charge on any atom is 0.261 e. The number of carbonyl (C=O) groups excluding carboxylic acids is 1. The lowest BCUT2D eigenvalue weighted by molar-refractivity contribution is -0.127. The molecule has 1 N–H and O–H groups in total. The van der Waals surface area contributed by atoms with E-state index in [2.05, 4.69) is 5.32 Å². The molecule has 1 amide bonds. The van der Waals surface area contributed by atoms with E-state index in [-0.39, 0.29) is 11.7 Å². The standard InChI is InChI=1S/C17H17ClFNO2/c1-11(13-7-3-5-9-15(13)19)20-17(21)12(2)22-16-10-6-4-8-14(16)18/h3-12H,1-2H3,(H,20,21). The summed E-state index contributed by atoms with van der Waals surface area (Å²) in [5.74, 6) is -0.254. The zero-order chi connectivity index (χ0) is 16.1. The third-order valence-corrected chi connectivity index (χ3v) is 3.55. The van der Waals surface area contributed by atoms with Gasteiger partial charge in [-0.1, -0.05) is 41.9 Å². The molecule has 2 aromatic rings. The second-order valence-corrected chi connectivity index (χ2v) is 5.35. The Morgan fingerprint density at radius 3 is 2.45 bits per heavy atom. The number of carbonyl (C=O) groups is 1. The number of ether oxygens (including phenoxy) is 1. The predicted octanol–water partition coefficient (Wildman–Crippen LogP) is 4.12. The molecule has 22 heavy (non-hydrogen) atoms. The molecule has 0 aliphatic heterocycles. The summed E-state index contributed by atoms with van der Waals surface area (Å²) in [4.78, 5) is 12.2. The van der Waals surface area contributed by atoms with Gasteiger partial charge in [-0.05, 0) is 32.0 Å². The zero-order valence-electron chi connectivity index (χ0n) is 12.3. The van der Waals surface area contributed by atoms with Gasteiger partial charge in [-0.2, -0.15) is 0 Å². The Bertz CT molecular complexity index is 663. The number of hydrogen-bond donors (Lipinski definition) is 1. The average Bonchev–Trinajstić information content (AvgIpc) is 2.49. The van der Waals surface area contributed by atoms with Crippen LogP contribution in [0.2, 0.25) is 5.02 Å². The second kappa shape index (κ2) is 7.27. The fourth-order valence-electron chi connectivity index (χ4n) is 2.02. The van der Waals surface area contributed by atoms with Crippen LogP contribution in [0.15, 0.2) is 48.5 Å². The predicted molar refractivity (Wildman–Crippen MR) is 84.5 cm³/mol. The Labute approximate surface area is 134 Å². The first kappa shape index (κ1) is 16.3. The van der Waals surface area contributed by atoms with Crippen LogP contribution in [0.1, 0.15) is 25.5 Å². The van der Waals surface area contributed by atoms with Crippen molar-refractivity contribution < 1.29 is 13.9 Å². The van der Waals surface area contributed by atoms with E-state index in [4.69, 9.17) is 16.3 Å². The van der Waals surface area contributed by atoms with E-state index in [0.717, 1.165) is 0 Å². The summed E-state index contributed by atoms with van der Waals surface area (Å²) in [5, 5.41) is 3.16. The quantitative estimate of drug-likeness (QED) is 0.899. The minimum Gasteiger partial charge on any atom is -0.479 e. The van der Waals surface area contributed by atoms with Crippen LogP contribution >= 0.6 is 11.6 Å². The molecule has 2 atom stereocenters. The molecule has 0 bridgehead atoms. The van der Waals surface area contributed by atoms with E-state index in [1.54, 1.807) is 56.3 Å². The van der Waals surface area contributed by atoms with E-state index in [1.807, 2.05) is 0 Å². The molecule has 2 unspecified atom stereocenters. The van der Waals surface area contributed by atoms with Crippen LogP contribution in [0.25, 0.3) is 0 Å². The number of rotatable bonds is 5. The molecule has 0 heterocycles. The number of halogens is 2. The molecule has 3 nitrogen and oxygen atoms in total. The highest BCUT2D eigenvalue weighted by molar-refractivity contribution is 6.32. The largest absolute Gasteiger partial charge is 0.479 e. The van der Waals surface area contributed by atoms with Crippen molar-refractivity contribution in [1.82, 2.24) is 5.32 Å². The van der Waals surface area contributed by atoms with Crippen LogP contribution < -0.4 is 10.1 Å². The molecule has 0 saturated heterocycles. The van der Waals surface area contributed by atoms with Gasteiger partial charge in [0, 0.05) is 5.56 Å². The van der Waals surface area contributed by atoms with E-state index >= 15 is 0 Å². The molecular formula is C17H17ClFNO2. The summed E-state index contributed by atoms with van der Waals surface area (Å²) in [6.07, 6.45) is -0.742. The number of nitrogens with one attached hydrogen (secondary N) is 1. The van der Waals surface area contributed by atoms with Crippen LogP contribution in [0.3, 0.4) is 0 Å². The highest BCUT2D eigenvalue weighted by Gasteiger charge is 2.19. The third kappa shape index (κ3) is 3.98. The minimum absolute atomic E-state index is 0.337. The molecule has 0 fully saturated rings. The zero-order valence-corrected chi connectivity index (χ0v) is 13.1. The SMILES string of the molecule is CC(Oc1ccccc1Cl)C(=O)NC(C)c1ccccc1F. The Morgan fingerprint density at radius 1 is 1.14 bits per heavy atom. The minimum atomic E-state index is -0.742. The summed E-state index contributed by atoms with van der Waals surface area (Å²) in [6.45, 7) is 3.34. The molecule has 0 radical (unpaired) electrons. The van der Waals surface area contributed by atoms with E-state index in [9.17, 15) is 9.18 Å². The van der Waals surface area contributed by atoms with E-state index < -0.39 is 12.1 Å². The first-order valence-corrected chi connectivity index (χ1v) is 7.33. The van der Waals surface area contributed by atoms with Gasteiger partial charge in [0.05, 0.1) is 11.1 Å². The summed E-state index contributed by atoms with van der Waals surface area (Å²) in [6, 6.07) is 12.8. The van der Waals surface area contributed by atoms with E-state index in [1.165, 1.54) is 6.07 Å². The average molecular weight is 322 g/mol. The molecule has 2 rings (SSSR count). The molecular weight excluding hydrogens is 305 g/mol. The summed E-state index contributed by atoms with van der Waals surface area (Å²) in [7, 11) is 0. The van der Waals surface area contributed by atoms with Gasteiger partial charge in [0.25, 0.3) is 5.91 Å². The second-order valence-electron chi connectivity index (χ2n) is 4.94. The van der Waals surface area contributed by atoms with Crippen LogP contribution in [0.5, 0.6) is 5.75 Å². The first-order chi connectivity index (χ1) is 10.5. The smallest absolute Gasteiger partial charge is 0.261 e. The number of para-hydroxylation sites is 1. The molecule has 0 aliphatic carbocycles. The van der Waals surface area contributed by atoms with E-state index in [0.29, 0.717) is 16.3 Å². The highest BCUT2D eigenvalue weighted by atomic mass is 35.5. The fourth-order valence-corrected chi connectivity index (χ4v) is 2.20. The Kier molecular flexibility index (Phi) is 5.39. The van der Waals surface area contributed by atoms with Crippen molar-refractivity contribution in [3.8, 4) is 5.75 Å². The van der Waals surface area contributed by atoms with Gasteiger partial charge in [-0.15, -0.1) is 0 Å². The molecule has 0 aromatic heterocycles. The van der Waals surface area contributed by atoms with Gasteiger partial charge in [0.15, 0.2) is 6.10 Å². The lowest BCUT2D eigenvalue weighted by atomic mass is 10.1. The monoisotopic (exact) mass is 321 g/mol. The lowest BCUT2D eigenvalue weighted by Crippen LogP contribution is -2.38. The first-order valence-electron chi connectivity index (χ1n) is 6.95. The van der Waals surface area contributed by atoms with Crippen molar-refractivity contribution in [3.05, 3.63) is 64.9 Å². The molecule has 0 spiro atoms. The van der Waals surface area contributed by atoms with Gasteiger partial charge in [0.2, 0.25) is 0 Å². The molecule has 5 heteroatoms. The number of benzene rings is 2. The topological polar surface area (TPSA) is 38.3 Å². The maximum atomic E-state index is 13.7. The summed E-state index contributed by atoms with van der Waals surface area (Å²) in [5.41, 5.74) is 0.431. The van der Waals surface area contributed by atoms with Crippen LogP contribution in [0.4, 0.5) is 4.39 Å². The van der Waals surface area contributed by atoms with Crippen LogP contribution in [-0.4, -0.2) is 12.0 Å². The Morgan fingerprint density at radius 2 is 1.77 bits per heavy atom. The summed E-state index contributed by atoms with van der Waals surface area (Å²) < 4.78 is 19.2. The van der Waals surface area contributed by atoms with Crippen LogP contribution in [-0.2, 0) is 4.79 Å². The molecule has 2 aromatic carbocycles. The number of hydrogen-bond acceptors (Lipinski definition) is 2. The van der Waals surface area contributed by atoms with Crippen molar-refractivity contribution in [2.24, 2.45) is 0 Å². The normalized spacial score (nSPS) is 13.3. The highest BCUT2D eigenvalue weighted by Crippen LogP contribution is 2.24. The molecule has 116 valence electrons. The van der Waals surface area contributed by atoms with Gasteiger partial charge >= 0.3 is 0 Å². The van der Waals surface area contributed by atoms with Gasteiger partial charge in [0.1, 0.15) is 11.6 Å². The lowest BCUT2D eigenvalue weighted by Gasteiger charge is -2.19. The number of amides is 1. The summed E-state index contributed by atoms with van der Waals surface area (Å²) >= 11 is 5.99. The van der Waals surface area contributed by atoms with Crippen molar-refractivity contribution in [1.29, 1.82) is 0 Å². The molecule has 0 saturated carbocycles. The van der Waals surface area contributed by atoms with Crippen molar-refractivity contribution in [3.63, 3.8) is 0 Å². The van der Waals surface area contributed by atoms with Crippen molar-refractivity contribution in [2.45, 2.75) is 26.0 Å². The molecule has 0 aliphatic rings. The maximum absolute atomic E-state index is 13.7. The van der Waals surface area contributed by atoms with Crippen molar-refractivity contribution >= 4 is 17.5 Å².